The van der Waals surface area contributed by atoms with E-state index in [0.717, 1.165) is 11.1 Å². The van der Waals surface area contributed by atoms with Crippen LogP contribution < -0.4 is 10.2 Å². The Bertz CT molecular complexity index is 915. The number of benzene rings is 2. The van der Waals surface area contributed by atoms with Gasteiger partial charge in [-0.3, -0.25) is 14.8 Å². The zero-order valence-electron chi connectivity index (χ0n) is 16.3. The van der Waals surface area contributed by atoms with Crippen molar-refractivity contribution >= 4 is 11.8 Å². The van der Waals surface area contributed by atoms with Gasteiger partial charge in [0.05, 0.1) is 5.41 Å². The lowest BCUT2D eigenvalue weighted by atomic mass is 9.81. The average molecular weight is 397 g/mol. The van der Waals surface area contributed by atoms with Gasteiger partial charge in [-0.1, -0.05) is 29.4 Å². The molecule has 0 bridgehead atoms. The summed E-state index contributed by atoms with van der Waals surface area (Å²) in [5, 5.41) is 11.7. The fourth-order valence-electron chi connectivity index (χ4n) is 3.55. The number of amides is 2. The molecule has 1 aliphatic rings. The number of hydroxylamine groups is 1. The van der Waals surface area contributed by atoms with Crippen LogP contribution in [0.2, 0.25) is 0 Å². The maximum Gasteiger partial charge on any atom is 0.265 e. The first kappa shape index (κ1) is 20.5. The molecule has 2 N–H and O–H groups in total. The van der Waals surface area contributed by atoms with E-state index in [1.807, 2.05) is 19.1 Å². The molecular weight excluding hydrogens is 374 g/mol. The van der Waals surface area contributed by atoms with E-state index in [-0.39, 0.29) is 12.5 Å². The third-order valence-corrected chi connectivity index (χ3v) is 5.42. The van der Waals surface area contributed by atoms with Crippen molar-refractivity contribution in [3.05, 3.63) is 64.6 Å². The lowest BCUT2D eigenvalue weighted by Crippen LogP contribution is -2.47. The lowest BCUT2D eigenvalue weighted by molar-refractivity contribution is -0.143. The van der Waals surface area contributed by atoms with Crippen molar-refractivity contribution in [1.82, 2.24) is 10.4 Å². The van der Waals surface area contributed by atoms with E-state index >= 15 is 0 Å². The summed E-state index contributed by atoms with van der Waals surface area (Å²) in [4.78, 5) is 36.5. The monoisotopic (exact) mass is 397 g/mol. The summed E-state index contributed by atoms with van der Waals surface area (Å²) in [6.07, 6.45) is 0.565. The first-order chi connectivity index (χ1) is 13.9. The van der Waals surface area contributed by atoms with Gasteiger partial charge in [-0.2, -0.15) is 4.91 Å². The van der Waals surface area contributed by atoms with E-state index in [4.69, 9.17) is 9.94 Å². The molecule has 1 fully saturated rings. The highest BCUT2D eigenvalue weighted by Crippen LogP contribution is 2.37. The summed E-state index contributed by atoms with van der Waals surface area (Å²) in [5.74, 6) is 0.427. The van der Waals surface area contributed by atoms with Crippen molar-refractivity contribution in [2.75, 3.05) is 6.54 Å². The number of hydrogen-bond donors (Lipinski definition) is 2. The van der Waals surface area contributed by atoms with E-state index in [0.29, 0.717) is 24.5 Å². The van der Waals surface area contributed by atoms with Crippen molar-refractivity contribution in [3.63, 3.8) is 0 Å². The Kier molecular flexibility index (Phi) is 5.93. The average Bonchev–Trinajstić information content (AvgIpc) is 3.03. The predicted octanol–water partition coefficient (Wildman–Crippen LogP) is 3.13. The highest BCUT2D eigenvalue weighted by Gasteiger charge is 2.46. The molecule has 3 rings (SSSR count). The predicted molar refractivity (Wildman–Crippen MR) is 106 cm³/mol. The largest absolute Gasteiger partial charge is 0.457 e. The van der Waals surface area contributed by atoms with Gasteiger partial charge in [-0.15, -0.1) is 0 Å². The van der Waals surface area contributed by atoms with E-state index in [1.165, 1.54) is 4.90 Å². The number of nitroso groups, excluding NO2 is 1. The number of rotatable bonds is 7. The van der Waals surface area contributed by atoms with Gasteiger partial charge in [0.25, 0.3) is 5.91 Å². The fourth-order valence-corrected chi connectivity index (χ4v) is 3.55. The highest BCUT2D eigenvalue weighted by atomic mass is 16.5. The molecule has 0 aromatic heterocycles. The first-order valence-electron chi connectivity index (χ1n) is 9.30. The van der Waals surface area contributed by atoms with Gasteiger partial charge in [-0.25, -0.2) is 5.48 Å². The zero-order chi connectivity index (χ0) is 21.0. The van der Waals surface area contributed by atoms with E-state index in [9.17, 15) is 14.5 Å². The third-order valence-electron chi connectivity index (χ3n) is 5.42. The van der Waals surface area contributed by atoms with Crippen LogP contribution in [0, 0.1) is 4.91 Å². The standard InChI is InChI=1S/C21H23N3O5/c1-14(19(25)23-28)24-11-10-21(2,20(24)26)16-6-8-17(9-7-16)29-18-5-3-4-15(12-18)13-22-27/h3-9,12,14,28H,10-11,13H2,1-2H3,(H,23,25). The molecule has 1 aliphatic heterocycles. The van der Waals surface area contributed by atoms with Crippen LogP contribution in [0.25, 0.3) is 0 Å². The van der Waals surface area contributed by atoms with Crippen molar-refractivity contribution in [1.29, 1.82) is 0 Å². The van der Waals surface area contributed by atoms with E-state index in [1.54, 1.807) is 48.8 Å². The molecule has 0 saturated carbocycles. The Morgan fingerprint density at radius 1 is 1.28 bits per heavy atom. The zero-order valence-corrected chi connectivity index (χ0v) is 16.3. The van der Waals surface area contributed by atoms with Crippen LogP contribution in [0.4, 0.5) is 0 Å². The molecular formula is C21H23N3O5. The Balaban J connectivity index is 1.74. The fraction of sp³-hybridized carbons (Fsp3) is 0.333. The molecule has 1 heterocycles. The molecule has 29 heavy (non-hydrogen) atoms. The number of ether oxygens (including phenoxy) is 1. The molecule has 0 aliphatic carbocycles. The van der Waals surface area contributed by atoms with Crippen molar-refractivity contribution in [3.8, 4) is 11.5 Å². The first-order valence-corrected chi connectivity index (χ1v) is 9.30. The Labute approximate surface area is 168 Å². The highest BCUT2D eigenvalue weighted by molar-refractivity contribution is 5.94. The minimum Gasteiger partial charge on any atom is -0.457 e. The molecule has 0 radical (unpaired) electrons. The van der Waals surface area contributed by atoms with E-state index in [2.05, 4.69) is 5.18 Å². The van der Waals surface area contributed by atoms with Crippen LogP contribution in [0.15, 0.2) is 53.7 Å². The topological polar surface area (TPSA) is 108 Å². The molecule has 1 saturated heterocycles. The van der Waals surface area contributed by atoms with Crippen molar-refractivity contribution < 1.29 is 19.5 Å². The summed E-state index contributed by atoms with van der Waals surface area (Å²) in [6, 6.07) is 13.6. The second-order valence-electron chi connectivity index (χ2n) is 7.29. The van der Waals surface area contributed by atoms with Crippen molar-refractivity contribution in [2.45, 2.75) is 38.3 Å². The number of carbonyl (C=O) groups is 2. The van der Waals surface area contributed by atoms with Crippen LogP contribution >= 0.6 is 0 Å². The molecule has 2 aromatic carbocycles. The van der Waals surface area contributed by atoms with Crippen LogP contribution in [0.5, 0.6) is 11.5 Å². The Morgan fingerprint density at radius 2 is 2.00 bits per heavy atom. The molecule has 2 atom stereocenters. The molecule has 8 nitrogen and oxygen atoms in total. The number of hydrogen-bond acceptors (Lipinski definition) is 6. The number of nitrogens with zero attached hydrogens (tertiary/aromatic N) is 2. The van der Waals surface area contributed by atoms with Crippen LogP contribution in [0.3, 0.4) is 0 Å². The second-order valence-corrected chi connectivity index (χ2v) is 7.29. The van der Waals surface area contributed by atoms with Crippen LogP contribution in [-0.4, -0.2) is 34.5 Å². The summed E-state index contributed by atoms with van der Waals surface area (Å²) < 4.78 is 5.83. The number of nitrogens with one attached hydrogen (secondary N) is 1. The summed E-state index contributed by atoms with van der Waals surface area (Å²) in [7, 11) is 0. The van der Waals surface area contributed by atoms with Gasteiger partial charge in [0.2, 0.25) is 5.91 Å². The SMILES string of the molecule is CC(C(=O)NO)N1CCC(C)(c2ccc(Oc3cccc(CN=O)c3)cc2)C1=O. The quantitative estimate of drug-likeness (QED) is 0.424. The normalized spacial score (nSPS) is 19.7. The van der Waals surface area contributed by atoms with Gasteiger partial charge in [0, 0.05) is 6.54 Å². The van der Waals surface area contributed by atoms with Gasteiger partial charge < -0.3 is 9.64 Å². The molecule has 0 spiro atoms. The smallest absolute Gasteiger partial charge is 0.265 e. The van der Waals surface area contributed by atoms with Gasteiger partial charge in [0.15, 0.2) is 0 Å². The lowest BCUT2D eigenvalue weighted by Gasteiger charge is -2.27. The maximum absolute atomic E-state index is 13.0. The minimum absolute atomic E-state index is 0.0832. The van der Waals surface area contributed by atoms with Crippen LogP contribution in [-0.2, 0) is 21.5 Å². The van der Waals surface area contributed by atoms with Gasteiger partial charge >= 0.3 is 0 Å². The van der Waals surface area contributed by atoms with Gasteiger partial charge in [-0.05, 0) is 55.7 Å². The third kappa shape index (κ3) is 4.12. The minimum atomic E-state index is -0.752. The summed E-state index contributed by atoms with van der Waals surface area (Å²) in [5.41, 5.74) is 2.44. The molecule has 152 valence electrons. The van der Waals surface area contributed by atoms with E-state index < -0.39 is 17.4 Å². The second kappa shape index (κ2) is 8.40. The summed E-state index contributed by atoms with van der Waals surface area (Å²) in [6.45, 7) is 3.95. The maximum atomic E-state index is 13.0. The molecule has 2 unspecified atom stereocenters. The Morgan fingerprint density at radius 3 is 2.66 bits per heavy atom. The number of carbonyl (C=O) groups excluding carboxylic acids is 2. The molecule has 8 heteroatoms. The Hall–Kier alpha value is -3.26. The van der Waals surface area contributed by atoms with Gasteiger partial charge in [0.1, 0.15) is 24.1 Å². The van der Waals surface area contributed by atoms with Crippen LogP contribution in [0.1, 0.15) is 31.4 Å². The molecule has 2 aromatic rings. The van der Waals surface area contributed by atoms with Crippen molar-refractivity contribution in [2.24, 2.45) is 5.18 Å². The number of likely N-dealkylation sites (tertiary alicyclic amines) is 1. The molecule has 2 amide bonds. The summed E-state index contributed by atoms with van der Waals surface area (Å²) >= 11 is 0.